The minimum absolute atomic E-state index is 0.128. The number of anilines is 2. The van der Waals surface area contributed by atoms with Crippen LogP contribution in [0.5, 0.6) is 11.5 Å². The molecule has 0 heterocycles. The number of carbonyl (C=O) groups excluding carboxylic acids is 1. The molecule has 0 aromatic heterocycles. The molecule has 0 aliphatic rings. The number of ether oxygens (including phenoxy) is 2. The van der Waals surface area contributed by atoms with E-state index in [0.717, 1.165) is 11.3 Å². The smallest absolute Gasteiger partial charge is 0.262 e. The molecular formula is C22H20ClN3O3. The Morgan fingerprint density at radius 3 is 2.48 bits per heavy atom. The molecule has 0 bridgehead atoms. The first-order valence-corrected chi connectivity index (χ1v) is 9.22. The monoisotopic (exact) mass is 409 g/mol. The van der Waals surface area contributed by atoms with E-state index in [1.165, 1.54) is 0 Å². The number of hydrogen-bond donors (Lipinski definition) is 2. The fourth-order valence-electron chi connectivity index (χ4n) is 2.45. The third kappa shape index (κ3) is 6.26. The van der Waals surface area contributed by atoms with Crippen molar-refractivity contribution < 1.29 is 14.3 Å². The fraction of sp³-hybridized carbons (Fsp3) is 0.0909. The Morgan fingerprint density at radius 2 is 1.76 bits per heavy atom. The number of rotatable bonds is 8. The number of nitrogens with one attached hydrogen (secondary N) is 2. The molecule has 3 rings (SSSR count). The van der Waals surface area contributed by atoms with Crippen molar-refractivity contribution in [2.45, 2.75) is 0 Å². The summed E-state index contributed by atoms with van der Waals surface area (Å²) in [6.07, 6.45) is 1.66. The van der Waals surface area contributed by atoms with Gasteiger partial charge in [0.2, 0.25) is 0 Å². The van der Waals surface area contributed by atoms with E-state index in [4.69, 9.17) is 21.1 Å². The van der Waals surface area contributed by atoms with Gasteiger partial charge in [0.15, 0.2) is 18.1 Å². The number of amides is 1. The first-order valence-electron chi connectivity index (χ1n) is 8.84. The normalized spacial score (nSPS) is 10.6. The first-order chi connectivity index (χ1) is 14.1. The van der Waals surface area contributed by atoms with Crippen molar-refractivity contribution in [3.05, 3.63) is 83.4 Å². The predicted octanol–water partition coefficient (Wildman–Crippen LogP) is 4.81. The van der Waals surface area contributed by atoms with Gasteiger partial charge in [-0.2, -0.15) is 5.10 Å². The Balaban J connectivity index is 1.57. The maximum atomic E-state index is 12.0. The summed E-state index contributed by atoms with van der Waals surface area (Å²) in [4.78, 5) is 12.0. The molecule has 3 aromatic carbocycles. The number of methoxy groups -OCH3 is 1. The number of para-hydroxylation sites is 1. The van der Waals surface area contributed by atoms with Crippen LogP contribution in [0.2, 0.25) is 5.02 Å². The van der Waals surface area contributed by atoms with Crippen LogP contribution in [0.25, 0.3) is 0 Å². The zero-order chi connectivity index (χ0) is 20.5. The summed E-state index contributed by atoms with van der Waals surface area (Å²) in [7, 11) is 1.54. The summed E-state index contributed by atoms with van der Waals surface area (Å²) in [5.74, 6) is 0.725. The van der Waals surface area contributed by atoms with Crippen LogP contribution in [-0.2, 0) is 4.79 Å². The summed E-state index contributed by atoms with van der Waals surface area (Å²) in [5, 5.41) is 7.62. The van der Waals surface area contributed by atoms with Gasteiger partial charge in [0.1, 0.15) is 0 Å². The molecule has 7 heteroatoms. The van der Waals surface area contributed by atoms with Crippen LogP contribution in [0, 0.1) is 0 Å². The van der Waals surface area contributed by atoms with Crippen LogP contribution < -0.4 is 20.2 Å². The lowest BCUT2D eigenvalue weighted by Gasteiger charge is -2.11. The van der Waals surface area contributed by atoms with Crippen molar-refractivity contribution in [1.29, 1.82) is 0 Å². The van der Waals surface area contributed by atoms with E-state index in [1.54, 1.807) is 37.6 Å². The third-order valence-corrected chi connectivity index (χ3v) is 4.11. The Hall–Kier alpha value is -3.51. The van der Waals surface area contributed by atoms with E-state index in [2.05, 4.69) is 15.8 Å². The van der Waals surface area contributed by atoms with Crippen molar-refractivity contribution >= 4 is 35.1 Å². The molecule has 3 aromatic rings. The number of benzene rings is 3. The van der Waals surface area contributed by atoms with Crippen molar-refractivity contribution in [3.63, 3.8) is 0 Å². The highest BCUT2D eigenvalue weighted by molar-refractivity contribution is 6.30. The van der Waals surface area contributed by atoms with Gasteiger partial charge in [0.05, 0.1) is 19.0 Å². The lowest BCUT2D eigenvalue weighted by molar-refractivity contribution is -0.118. The van der Waals surface area contributed by atoms with Gasteiger partial charge in [-0.15, -0.1) is 0 Å². The second-order valence-electron chi connectivity index (χ2n) is 5.99. The standard InChI is InChI=1S/C22H20ClN3O3/c1-28-21-13-16(14-24-26-19-10-8-17(23)9-11-19)7-12-20(21)29-15-22(27)25-18-5-3-2-4-6-18/h2-14,26H,15H2,1H3,(H,25,27)/b24-14+. The largest absolute Gasteiger partial charge is 0.493 e. The minimum Gasteiger partial charge on any atom is -0.493 e. The molecular weight excluding hydrogens is 390 g/mol. The summed E-state index contributed by atoms with van der Waals surface area (Å²) in [6.45, 7) is -0.128. The molecule has 0 aliphatic heterocycles. The second-order valence-corrected chi connectivity index (χ2v) is 6.43. The molecule has 29 heavy (non-hydrogen) atoms. The van der Waals surface area contributed by atoms with Crippen molar-refractivity contribution in [2.75, 3.05) is 24.5 Å². The number of carbonyl (C=O) groups is 1. The minimum atomic E-state index is -0.254. The van der Waals surface area contributed by atoms with Gasteiger partial charge in [-0.1, -0.05) is 29.8 Å². The highest BCUT2D eigenvalue weighted by Crippen LogP contribution is 2.27. The zero-order valence-electron chi connectivity index (χ0n) is 15.8. The van der Waals surface area contributed by atoms with E-state index >= 15 is 0 Å². The van der Waals surface area contributed by atoms with Gasteiger partial charge in [0.25, 0.3) is 5.91 Å². The molecule has 2 N–H and O–H groups in total. The van der Waals surface area contributed by atoms with E-state index in [0.29, 0.717) is 22.2 Å². The molecule has 6 nitrogen and oxygen atoms in total. The third-order valence-electron chi connectivity index (χ3n) is 3.86. The maximum Gasteiger partial charge on any atom is 0.262 e. The molecule has 0 aliphatic carbocycles. The highest BCUT2D eigenvalue weighted by atomic mass is 35.5. The molecule has 0 saturated carbocycles. The first kappa shape index (κ1) is 20.2. The Labute approximate surface area is 174 Å². The Morgan fingerprint density at radius 1 is 1.00 bits per heavy atom. The van der Waals surface area contributed by atoms with Gasteiger partial charge in [-0.3, -0.25) is 10.2 Å². The molecule has 1 amide bonds. The van der Waals surface area contributed by atoms with Crippen LogP contribution in [0.1, 0.15) is 5.56 Å². The van der Waals surface area contributed by atoms with Crippen molar-refractivity contribution in [2.24, 2.45) is 5.10 Å². The molecule has 0 atom stereocenters. The van der Waals surface area contributed by atoms with Crippen LogP contribution in [0.15, 0.2) is 77.9 Å². The van der Waals surface area contributed by atoms with Crippen LogP contribution in [0.4, 0.5) is 11.4 Å². The van der Waals surface area contributed by atoms with Crippen LogP contribution >= 0.6 is 11.6 Å². The van der Waals surface area contributed by atoms with Gasteiger partial charge >= 0.3 is 0 Å². The zero-order valence-corrected chi connectivity index (χ0v) is 16.5. The Bertz CT molecular complexity index is 976. The van der Waals surface area contributed by atoms with E-state index < -0.39 is 0 Å². The number of halogens is 1. The van der Waals surface area contributed by atoms with E-state index in [9.17, 15) is 4.79 Å². The lowest BCUT2D eigenvalue weighted by atomic mass is 10.2. The molecule has 0 spiro atoms. The molecule has 0 unspecified atom stereocenters. The van der Waals surface area contributed by atoms with Crippen LogP contribution in [0.3, 0.4) is 0 Å². The summed E-state index contributed by atoms with van der Waals surface area (Å²) >= 11 is 5.86. The Kier molecular flexibility index (Phi) is 7.08. The van der Waals surface area contributed by atoms with Crippen molar-refractivity contribution in [3.8, 4) is 11.5 Å². The molecule has 0 radical (unpaired) electrons. The fourth-order valence-corrected chi connectivity index (χ4v) is 2.58. The second kappa shape index (κ2) is 10.1. The number of hydrazone groups is 1. The van der Waals surface area contributed by atoms with Crippen LogP contribution in [-0.4, -0.2) is 25.8 Å². The summed E-state index contributed by atoms with van der Waals surface area (Å²) < 4.78 is 11.0. The number of nitrogens with zero attached hydrogens (tertiary/aromatic N) is 1. The topological polar surface area (TPSA) is 71.9 Å². The highest BCUT2D eigenvalue weighted by Gasteiger charge is 2.08. The summed E-state index contributed by atoms with van der Waals surface area (Å²) in [6, 6.07) is 21.8. The SMILES string of the molecule is COc1cc(/C=N/Nc2ccc(Cl)cc2)ccc1OCC(=O)Nc1ccccc1. The van der Waals surface area contributed by atoms with Crippen molar-refractivity contribution in [1.82, 2.24) is 0 Å². The van der Waals surface area contributed by atoms with E-state index in [-0.39, 0.29) is 12.5 Å². The van der Waals surface area contributed by atoms with Gasteiger partial charge in [-0.05, 0) is 60.2 Å². The quantitative estimate of drug-likeness (QED) is 0.413. The average molecular weight is 410 g/mol. The summed E-state index contributed by atoms with van der Waals surface area (Å²) in [5.41, 5.74) is 5.27. The van der Waals surface area contributed by atoms with Gasteiger partial charge in [-0.25, -0.2) is 0 Å². The van der Waals surface area contributed by atoms with E-state index in [1.807, 2.05) is 48.5 Å². The van der Waals surface area contributed by atoms with Gasteiger partial charge < -0.3 is 14.8 Å². The molecule has 148 valence electrons. The predicted molar refractivity (Wildman–Crippen MR) is 116 cm³/mol. The van der Waals surface area contributed by atoms with Gasteiger partial charge in [0, 0.05) is 10.7 Å². The maximum absolute atomic E-state index is 12.0. The molecule has 0 saturated heterocycles. The average Bonchev–Trinajstić information content (AvgIpc) is 2.75. The number of hydrogen-bond acceptors (Lipinski definition) is 5. The molecule has 0 fully saturated rings. The lowest BCUT2D eigenvalue weighted by Crippen LogP contribution is -2.20.